The minimum atomic E-state index is -0.747. The molecule has 88 valence electrons. The monoisotopic (exact) mass is 222 g/mol. The first-order valence-corrected chi connectivity index (χ1v) is 5.65. The van der Waals surface area contributed by atoms with Crippen LogP contribution in [-0.2, 0) is 4.79 Å². The Balaban J connectivity index is 2.16. The van der Waals surface area contributed by atoms with Gasteiger partial charge in [0, 0.05) is 6.42 Å². The quantitative estimate of drug-likeness (QED) is 0.697. The minimum Gasteiger partial charge on any atom is -0.481 e. The molecule has 0 unspecified atom stereocenters. The zero-order valence-electron chi connectivity index (χ0n) is 9.30. The van der Waals surface area contributed by atoms with Crippen LogP contribution in [0.5, 0.6) is 0 Å². The van der Waals surface area contributed by atoms with Gasteiger partial charge in [0.2, 0.25) is 0 Å². The lowest BCUT2D eigenvalue weighted by atomic mass is 10.0. The Kier molecular flexibility index (Phi) is 5.57. The number of aliphatic hydroxyl groups is 1. The molecule has 0 aliphatic rings. The lowest BCUT2D eigenvalue weighted by Crippen LogP contribution is -1.98. The van der Waals surface area contributed by atoms with Gasteiger partial charge in [-0.3, -0.25) is 4.79 Å². The molecule has 0 heterocycles. The maximum atomic E-state index is 10.3. The Morgan fingerprint density at radius 3 is 2.44 bits per heavy atom. The Labute approximate surface area is 95.7 Å². The average molecular weight is 222 g/mol. The summed E-state index contributed by atoms with van der Waals surface area (Å²) in [5.74, 6) is -0.747. The lowest BCUT2D eigenvalue weighted by Gasteiger charge is -2.10. The topological polar surface area (TPSA) is 57.5 Å². The molecule has 1 atom stereocenters. The summed E-state index contributed by atoms with van der Waals surface area (Å²) in [6, 6.07) is 9.54. The van der Waals surface area contributed by atoms with E-state index >= 15 is 0 Å². The number of carbonyl (C=O) groups is 1. The Morgan fingerprint density at radius 1 is 1.12 bits per heavy atom. The molecule has 1 aromatic rings. The zero-order chi connectivity index (χ0) is 11.8. The van der Waals surface area contributed by atoms with Gasteiger partial charge in [-0.05, 0) is 18.4 Å². The van der Waals surface area contributed by atoms with Gasteiger partial charge in [0.25, 0.3) is 0 Å². The summed E-state index contributed by atoms with van der Waals surface area (Å²) in [4.78, 5) is 10.3. The fraction of sp³-hybridized carbons (Fsp3) is 0.462. The van der Waals surface area contributed by atoms with Gasteiger partial charge in [0.1, 0.15) is 0 Å². The summed E-state index contributed by atoms with van der Waals surface area (Å²) in [6.45, 7) is 0. The van der Waals surface area contributed by atoms with Crippen LogP contribution in [0.3, 0.4) is 0 Å². The summed E-state index contributed by atoms with van der Waals surface area (Å²) < 4.78 is 0. The van der Waals surface area contributed by atoms with Crippen molar-refractivity contribution in [2.24, 2.45) is 0 Å². The largest absolute Gasteiger partial charge is 0.481 e. The van der Waals surface area contributed by atoms with Gasteiger partial charge < -0.3 is 10.2 Å². The SMILES string of the molecule is O=C(O)CCCCC[C@@H](O)c1ccccc1. The summed E-state index contributed by atoms with van der Waals surface area (Å²) >= 11 is 0. The van der Waals surface area contributed by atoms with E-state index in [0.29, 0.717) is 12.8 Å². The van der Waals surface area contributed by atoms with Gasteiger partial charge in [-0.25, -0.2) is 0 Å². The molecule has 0 spiro atoms. The summed E-state index contributed by atoms with van der Waals surface area (Å²) in [7, 11) is 0. The number of hydrogen-bond donors (Lipinski definition) is 2. The van der Waals surface area contributed by atoms with E-state index in [2.05, 4.69) is 0 Å². The van der Waals surface area contributed by atoms with Gasteiger partial charge in [0.05, 0.1) is 6.10 Å². The fourth-order valence-corrected chi connectivity index (χ4v) is 1.63. The molecule has 0 bridgehead atoms. The summed E-state index contributed by atoms with van der Waals surface area (Å²) in [5.41, 5.74) is 0.931. The smallest absolute Gasteiger partial charge is 0.303 e. The van der Waals surface area contributed by atoms with Crippen molar-refractivity contribution in [2.45, 2.75) is 38.2 Å². The van der Waals surface area contributed by atoms with Gasteiger partial charge in [-0.15, -0.1) is 0 Å². The highest BCUT2D eigenvalue weighted by Gasteiger charge is 2.06. The molecule has 2 N–H and O–H groups in total. The normalized spacial score (nSPS) is 12.3. The van der Waals surface area contributed by atoms with E-state index in [1.54, 1.807) is 0 Å². The molecule has 0 fully saturated rings. The highest BCUT2D eigenvalue weighted by atomic mass is 16.4. The van der Waals surface area contributed by atoms with Crippen molar-refractivity contribution in [1.29, 1.82) is 0 Å². The van der Waals surface area contributed by atoms with Crippen LogP contribution in [0.2, 0.25) is 0 Å². The average Bonchev–Trinajstić information content (AvgIpc) is 2.29. The van der Waals surface area contributed by atoms with E-state index in [1.807, 2.05) is 30.3 Å². The van der Waals surface area contributed by atoms with Crippen molar-refractivity contribution in [2.75, 3.05) is 0 Å². The Morgan fingerprint density at radius 2 is 1.81 bits per heavy atom. The molecule has 0 saturated carbocycles. The molecule has 0 radical (unpaired) electrons. The second kappa shape index (κ2) is 7.01. The van der Waals surface area contributed by atoms with Crippen LogP contribution in [0.25, 0.3) is 0 Å². The zero-order valence-corrected chi connectivity index (χ0v) is 9.30. The van der Waals surface area contributed by atoms with Crippen LogP contribution in [0, 0.1) is 0 Å². The highest BCUT2D eigenvalue weighted by Crippen LogP contribution is 2.19. The van der Waals surface area contributed by atoms with E-state index in [1.165, 1.54) is 0 Å². The number of aliphatic hydroxyl groups excluding tert-OH is 1. The van der Waals surface area contributed by atoms with Gasteiger partial charge in [-0.1, -0.05) is 43.2 Å². The number of hydrogen-bond acceptors (Lipinski definition) is 2. The molecule has 3 heteroatoms. The van der Waals surface area contributed by atoms with E-state index in [4.69, 9.17) is 5.11 Å². The van der Waals surface area contributed by atoms with Crippen LogP contribution in [0.1, 0.15) is 43.8 Å². The standard InChI is InChI=1S/C13H18O3/c14-12(11-7-3-1-4-8-11)9-5-2-6-10-13(15)16/h1,3-4,7-8,12,14H,2,5-6,9-10H2,(H,15,16)/t12-/m1/s1. The first kappa shape index (κ1) is 12.7. The number of rotatable bonds is 7. The van der Waals surface area contributed by atoms with Gasteiger partial charge >= 0.3 is 5.97 Å². The molecule has 0 saturated heterocycles. The maximum Gasteiger partial charge on any atom is 0.303 e. The molecule has 3 nitrogen and oxygen atoms in total. The first-order valence-electron chi connectivity index (χ1n) is 5.65. The second-order valence-corrected chi connectivity index (χ2v) is 3.92. The third kappa shape index (κ3) is 4.94. The van der Waals surface area contributed by atoms with Crippen LogP contribution >= 0.6 is 0 Å². The third-order valence-electron chi connectivity index (χ3n) is 2.55. The van der Waals surface area contributed by atoms with Crippen LogP contribution < -0.4 is 0 Å². The fourth-order valence-electron chi connectivity index (χ4n) is 1.63. The van der Waals surface area contributed by atoms with E-state index in [-0.39, 0.29) is 6.42 Å². The first-order chi connectivity index (χ1) is 7.70. The van der Waals surface area contributed by atoms with Crippen molar-refractivity contribution in [3.05, 3.63) is 35.9 Å². The highest BCUT2D eigenvalue weighted by molar-refractivity contribution is 5.66. The number of aliphatic carboxylic acids is 1. The van der Waals surface area contributed by atoms with Crippen molar-refractivity contribution < 1.29 is 15.0 Å². The number of carboxylic acid groups (broad SMARTS) is 1. The predicted molar refractivity (Wildman–Crippen MR) is 62.1 cm³/mol. The van der Waals surface area contributed by atoms with Gasteiger partial charge in [0.15, 0.2) is 0 Å². The molecule has 1 aromatic carbocycles. The summed E-state index contributed by atoms with van der Waals surface area (Å²) in [6.07, 6.45) is 2.91. The second-order valence-electron chi connectivity index (χ2n) is 3.92. The van der Waals surface area contributed by atoms with Crippen molar-refractivity contribution in [3.8, 4) is 0 Å². The molecule has 0 amide bonds. The van der Waals surface area contributed by atoms with Gasteiger partial charge in [-0.2, -0.15) is 0 Å². The third-order valence-corrected chi connectivity index (χ3v) is 2.55. The molecule has 1 rings (SSSR count). The van der Waals surface area contributed by atoms with Crippen molar-refractivity contribution in [1.82, 2.24) is 0 Å². The van der Waals surface area contributed by atoms with E-state index < -0.39 is 12.1 Å². The minimum absolute atomic E-state index is 0.224. The van der Waals surface area contributed by atoms with Crippen LogP contribution in [-0.4, -0.2) is 16.2 Å². The van der Waals surface area contributed by atoms with Crippen molar-refractivity contribution >= 4 is 5.97 Å². The number of unbranched alkanes of at least 4 members (excludes halogenated alkanes) is 2. The summed E-state index contributed by atoms with van der Waals surface area (Å²) in [5, 5.41) is 18.3. The number of carboxylic acids is 1. The number of benzene rings is 1. The molecular weight excluding hydrogens is 204 g/mol. The molecule has 0 aliphatic carbocycles. The molecule has 0 aromatic heterocycles. The Hall–Kier alpha value is -1.35. The van der Waals surface area contributed by atoms with Crippen molar-refractivity contribution in [3.63, 3.8) is 0 Å². The van der Waals surface area contributed by atoms with E-state index in [0.717, 1.165) is 18.4 Å². The van der Waals surface area contributed by atoms with Crippen LogP contribution in [0.4, 0.5) is 0 Å². The van der Waals surface area contributed by atoms with E-state index in [9.17, 15) is 9.90 Å². The molecular formula is C13H18O3. The Bertz CT molecular complexity index is 308. The predicted octanol–water partition coefficient (Wildman–Crippen LogP) is 2.76. The maximum absolute atomic E-state index is 10.3. The van der Waals surface area contributed by atoms with Crippen LogP contribution in [0.15, 0.2) is 30.3 Å². The lowest BCUT2D eigenvalue weighted by molar-refractivity contribution is -0.137. The molecule has 16 heavy (non-hydrogen) atoms. The molecule has 0 aliphatic heterocycles.